The van der Waals surface area contributed by atoms with E-state index >= 15 is 0 Å². The molecule has 21 heavy (non-hydrogen) atoms. The van der Waals surface area contributed by atoms with Crippen LogP contribution in [0.2, 0.25) is 5.15 Å². The highest BCUT2D eigenvalue weighted by molar-refractivity contribution is 7.89. The Kier molecular flexibility index (Phi) is 6.57. The smallest absolute Gasteiger partial charge is 0.306 e. The predicted octanol–water partition coefficient (Wildman–Crippen LogP) is 1.94. The SMILES string of the molecule is COC(=O)CCN(CC(C)C)S(=O)(=O)c1ccc(Cl)nc1. The number of methoxy groups -OCH3 is 1. The van der Waals surface area contributed by atoms with Gasteiger partial charge in [-0.1, -0.05) is 25.4 Å². The second-order valence-electron chi connectivity index (χ2n) is 4.90. The van der Waals surface area contributed by atoms with E-state index < -0.39 is 16.0 Å². The van der Waals surface area contributed by atoms with Gasteiger partial charge >= 0.3 is 5.97 Å². The van der Waals surface area contributed by atoms with Crippen molar-refractivity contribution in [1.82, 2.24) is 9.29 Å². The average Bonchev–Trinajstić information content (AvgIpc) is 2.43. The second-order valence-corrected chi connectivity index (χ2v) is 7.22. The Morgan fingerprint density at radius 3 is 2.57 bits per heavy atom. The summed E-state index contributed by atoms with van der Waals surface area (Å²) in [7, 11) is -2.44. The Morgan fingerprint density at radius 1 is 1.43 bits per heavy atom. The van der Waals surface area contributed by atoms with E-state index in [0.29, 0.717) is 6.54 Å². The minimum absolute atomic E-state index is 0.00344. The largest absolute Gasteiger partial charge is 0.469 e. The lowest BCUT2D eigenvalue weighted by Gasteiger charge is -2.23. The maximum atomic E-state index is 12.6. The molecule has 0 N–H and O–H groups in total. The minimum Gasteiger partial charge on any atom is -0.469 e. The van der Waals surface area contributed by atoms with Crippen LogP contribution in [-0.4, -0.2) is 43.9 Å². The first-order valence-electron chi connectivity index (χ1n) is 6.46. The number of sulfonamides is 1. The average molecular weight is 335 g/mol. The molecule has 1 aromatic rings. The molecule has 0 aliphatic carbocycles. The maximum Gasteiger partial charge on any atom is 0.306 e. The number of halogens is 1. The lowest BCUT2D eigenvalue weighted by Crippen LogP contribution is -2.36. The van der Waals surface area contributed by atoms with Gasteiger partial charge in [0.15, 0.2) is 0 Å². The fourth-order valence-corrected chi connectivity index (χ4v) is 3.36. The molecular weight excluding hydrogens is 316 g/mol. The fourth-order valence-electron chi connectivity index (χ4n) is 1.70. The zero-order valence-corrected chi connectivity index (χ0v) is 13.8. The van der Waals surface area contributed by atoms with Crippen molar-refractivity contribution in [3.8, 4) is 0 Å². The van der Waals surface area contributed by atoms with Crippen LogP contribution in [0.4, 0.5) is 0 Å². The number of hydrogen-bond donors (Lipinski definition) is 0. The summed E-state index contributed by atoms with van der Waals surface area (Å²) in [5, 5.41) is 0.221. The van der Waals surface area contributed by atoms with Gasteiger partial charge in [-0.2, -0.15) is 4.31 Å². The van der Waals surface area contributed by atoms with E-state index in [0.717, 1.165) is 0 Å². The highest BCUT2D eigenvalue weighted by Gasteiger charge is 2.26. The van der Waals surface area contributed by atoms with Gasteiger partial charge in [0.2, 0.25) is 10.0 Å². The molecule has 0 radical (unpaired) electrons. The molecule has 0 unspecified atom stereocenters. The second kappa shape index (κ2) is 7.72. The normalized spacial score (nSPS) is 11.9. The summed E-state index contributed by atoms with van der Waals surface area (Å²) >= 11 is 5.67. The fraction of sp³-hybridized carbons (Fsp3) is 0.538. The first-order valence-corrected chi connectivity index (χ1v) is 8.27. The van der Waals surface area contributed by atoms with Crippen molar-refractivity contribution in [3.63, 3.8) is 0 Å². The lowest BCUT2D eigenvalue weighted by atomic mass is 10.2. The summed E-state index contributed by atoms with van der Waals surface area (Å²) in [5.74, 6) is -0.328. The number of carbonyl (C=O) groups excluding carboxylic acids is 1. The van der Waals surface area contributed by atoms with E-state index in [1.54, 1.807) is 0 Å². The first-order chi connectivity index (χ1) is 9.77. The van der Waals surface area contributed by atoms with Crippen molar-refractivity contribution in [2.75, 3.05) is 20.2 Å². The number of hydrogen-bond acceptors (Lipinski definition) is 5. The van der Waals surface area contributed by atoms with Crippen LogP contribution < -0.4 is 0 Å². The van der Waals surface area contributed by atoms with Gasteiger partial charge in [-0.3, -0.25) is 4.79 Å². The van der Waals surface area contributed by atoms with Crippen molar-refractivity contribution in [2.45, 2.75) is 25.2 Å². The standard InChI is InChI=1S/C13H19ClN2O4S/c1-10(2)9-16(7-6-13(17)20-3)21(18,19)11-4-5-12(14)15-8-11/h4-5,8,10H,6-7,9H2,1-3H3. The quantitative estimate of drug-likeness (QED) is 0.562. The third-order valence-corrected chi connectivity index (χ3v) is 4.77. The molecule has 6 nitrogen and oxygen atoms in total. The summed E-state index contributed by atoms with van der Waals surface area (Å²) in [6.45, 7) is 4.18. The van der Waals surface area contributed by atoms with E-state index in [4.69, 9.17) is 11.6 Å². The van der Waals surface area contributed by atoms with Gasteiger partial charge in [0.1, 0.15) is 10.0 Å². The molecule has 0 saturated carbocycles. The molecule has 8 heteroatoms. The minimum atomic E-state index is -3.71. The number of aromatic nitrogens is 1. The molecule has 1 aromatic heterocycles. The van der Waals surface area contributed by atoms with Crippen LogP contribution in [0.3, 0.4) is 0 Å². The Balaban J connectivity index is 2.99. The van der Waals surface area contributed by atoms with Crippen molar-refractivity contribution in [1.29, 1.82) is 0 Å². The molecule has 0 aliphatic rings. The third kappa shape index (κ3) is 5.26. The van der Waals surface area contributed by atoms with Crippen LogP contribution in [0.15, 0.2) is 23.2 Å². The molecule has 0 aromatic carbocycles. The van der Waals surface area contributed by atoms with E-state index in [9.17, 15) is 13.2 Å². The maximum absolute atomic E-state index is 12.6. The van der Waals surface area contributed by atoms with Crippen LogP contribution in [0.1, 0.15) is 20.3 Å². The van der Waals surface area contributed by atoms with E-state index in [1.807, 2.05) is 13.8 Å². The first kappa shape index (κ1) is 17.9. The van der Waals surface area contributed by atoms with Gasteiger partial charge in [-0.05, 0) is 18.1 Å². The van der Waals surface area contributed by atoms with Crippen LogP contribution in [-0.2, 0) is 19.6 Å². The van der Waals surface area contributed by atoms with E-state index in [2.05, 4.69) is 9.72 Å². The number of ether oxygens (including phenoxy) is 1. The lowest BCUT2D eigenvalue weighted by molar-refractivity contribution is -0.140. The summed E-state index contributed by atoms with van der Waals surface area (Å²) < 4.78 is 31.0. The Labute approximate surface area is 130 Å². The van der Waals surface area contributed by atoms with Crippen LogP contribution in [0.5, 0.6) is 0 Å². The van der Waals surface area contributed by atoms with Crippen molar-refractivity contribution in [3.05, 3.63) is 23.5 Å². The van der Waals surface area contributed by atoms with Crippen LogP contribution >= 0.6 is 11.6 Å². The molecule has 1 rings (SSSR count). The zero-order chi connectivity index (χ0) is 16.0. The molecule has 0 amide bonds. The summed E-state index contributed by atoms with van der Waals surface area (Å²) in [5.41, 5.74) is 0. The van der Waals surface area contributed by atoms with Crippen molar-refractivity contribution < 1.29 is 17.9 Å². The number of esters is 1. The van der Waals surface area contributed by atoms with Gasteiger partial charge in [0, 0.05) is 19.3 Å². The molecule has 0 spiro atoms. The Morgan fingerprint density at radius 2 is 2.10 bits per heavy atom. The monoisotopic (exact) mass is 334 g/mol. The van der Waals surface area contributed by atoms with E-state index in [1.165, 1.54) is 29.7 Å². The molecule has 0 saturated heterocycles. The van der Waals surface area contributed by atoms with Gasteiger partial charge in [0.25, 0.3) is 0 Å². The number of rotatable bonds is 7. The topological polar surface area (TPSA) is 76.6 Å². The highest BCUT2D eigenvalue weighted by atomic mass is 35.5. The Bertz CT molecular complexity index is 572. The summed E-state index contributed by atoms with van der Waals surface area (Å²) in [4.78, 5) is 15.1. The predicted molar refractivity (Wildman–Crippen MR) is 79.5 cm³/mol. The van der Waals surface area contributed by atoms with Crippen molar-refractivity contribution in [2.24, 2.45) is 5.92 Å². The van der Waals surface area contributed by atoms with Crippen LogP contribution in [0, 0.1) is 5.92 Å². The zero-order valence-electron chi connectivity index (χ0n) is 12.2. The molecule has 1 heterocycles. The summed E-state index contributed by atoms with van der Waals surface area (Å²) in [6, 6.07) is 2.82. The van der Waals surface area contributed by atoms with E-state index in [-0.39, 0.29) is 28.9 Å². The molecule has 0 aliphatic heterocycles. The number of carbonyl (C=O) groups is 1. The Hall–Kier alpha value is -1.18. The van der Waals surface area contributed by atoms with Gasteiger partial charge in [-0.25, -0.2) is 13.4 Å². The molecular formula is C13H19ClN2O4S. The highest BCUT2D eigenvalue weighted by Crippen LogP contribution is 2.18. The molecule has 0 fully saturated rings. The van der Waals surface area contributed by atoms with Gasteiger partial charge < -0.3 is 4.74 Å². The van der Waals surface area contributed by atoms with Crippen molar-refractivity contribution >= 4 is 27.6 Å². The van der Waals surface area contributed by atoms with Crippen LogP contribution in [0.25, 0.3) is 0 Å². The molecule has 0 bridgehead atoms. The summed E-state index contributed by atoms with van der Waals surface area (Å²) in [6.07, 6.45) is 1.21. The van der Waals surface area contributed by atoms with Gasteiger partial charge in [-0.15, -0.1) is 0 Å². The molecule has 118 valence electrons. The molecule has 0 atom stereocenters. The van der Waals surface area contributed by atoms with Gasteiger partial charge in [0.05, 0.1) is 13.5 Å². The third-order valence-electron chi connectivity index (χ3n) is 2.70. The number of pyridine rings is 1. The number of nitrogens with zero attached hydrogens (tertiary/aromatic N) is 2.